The van der Waals surface area contributed by atoms with Crippen LogP contribution < -0.4 is 10.6 Å². The fraction of sp³-hybridized carbons (Fsp3) is 0.250. The molecule has 21 heavy (non-hydrogen) atoms. The van der Waals surface area contributed by atoms with E-state index in [1.54, 1.807) is 12.3 Å². The van der Waals surface area contributed by atoms with E-state index in [1.807, 2.05) is 0 Å². The molecule has 3 rings (SSSR count). The SMILES string of the molecule is N#Cc1ccnc(NCC2NCCc3ccccc32)c1Cl. The number of hydrogen-bond donors (Lipinski definition) is 2. The van der Waals surface area contributed by atoms with Crippen LogP contribution in [0.4, 0.5) is 5.82 Å². The van der Waals surface area contributed by atoms with Gasteiger partial charge in [0.15, 0.2) is 0 Å². The summed E-state index contributed by atoms with van der Waals surface area (Å²) in [4.78, 5) is 4.21. The third-order valence-electron chi connectivity index (χ3n) is 3.70. The molecule has 0 saturated carbocycles. The van der Waals surface area contributed by atoms with Gasteiger partial charge in [0, 0.05) is 18.8 Å². The van der Waals surface area contributed by atoms with Gasteiger partial charge in [-0.2, -0.15) is 5.26 Å². The van der Waals surface area contributed by atoms with Crippen molar-refractivity contribution >= 4 is 17.4 Å². The number of hydrogen-bond acceptors (Lipinski definition) is 4. The van der Waals surface area contributed by atoms with E-state index in [9.17, 15) is 0 Å². The lowest BCUT2D eigenvalue weighted by molar-refractivity contribution is 0.523. The number of anilines is 1. The van der Waals surface area contributed by atoms with E-state index in [4.69, 9.17) is 16.9 Å². The first-order chi connectivity index (χ1) is 10.3. The predicted octanol–water partition coefficient (Wildman–Crippen LogP) is 2.91. The van der Waals surface area contributed by atoms with Gasteiger partial charge in [0.2, 0.25) is 0 Å². The average molecular weight is 299 g/mol. The molecule has 0 aliphatic carbocycles. The fourth-order valence-corrected chi connectivity index (χ4v) is 2.85. The van der Waals surface area contributed by atoms with Crippen LogP contribution in [0.1, 0.15) is 22.7 Å². The summed E-state index contributed by atoms with van der Waals surface area (Å²) in [7, 11) is 0. The van der Waals surface area contributed by atoms with E-state index in [-0.39, 0.29) is 6.04 Å². The van der Waals surface area contributed by atoms with Gasteiger partial charge in [0.05, 0.1) is 5.56 Å². The zero-order valence-corrected chi connectivity index (χ0v) is 12.2. The van der Waals surface area contributed by atoms with Crippen molar-refractivity contribution in [2.75, 3.05) is 18.4 Å². The molecule has 0 bridgehead atoms. The Labute approximate surface area is 128 Å². The van der Waals surface area contributed by atoms with Crippen molar-refractivity contribution in [1.82, 2.24) is 10.3 Å². The molecule has 0 spiro atoms. The van der Waals surface area contributed by atoms with Gasteiger partial charge in [-0.05, 0) is 30.2 Å². The standard InChI is InChI=1S/C16H15ClN4/c17-15-12(9-18)6-8-20-16(15)21-10-14-13-4-2-1-3-11(13)5-7-19-14/h1-4,6,8,14,19H,5,7,10H2,(H,20,21). The van der Waals surface area contributed by atoms with Gasteiger partial charge in [-0.3, -0.25) is 0 Å². The fourth-order valence-electron chi connectivity index (χ4n) is 2.63. The first kappa shape index (κ1) is 13.9. The summed E-state index contributed by atoms with van der Waals surface area (Å²) in [5.74, 6) is 0.556. The first-order valence-electron chi connectivity index (χ1n) is 6.89. The molecule has 2 N–H and O–H groups in total. The molecule has 1 aromatic heterocycles. The zero-order chi connectivity index (χ0) is 14.7. The van der Waals surface area contributed by atoms with Gasteiger partial charge < -0.3 is 10.6 Å². The molecule has 1 aromatic carbocycles. The molecule has 106 valence electrons. The van der Waals surface area contributed by atoms with E-state index >= 15 is 0 Å². The summed E-state index contributed by atoms with van der Waals surface area (Å²) < 4.78 is 0. The van der Waals surface area contributed by atoms with Crippen LogP contribution in [0.2, 0.25) is 5.02 Å². The Morgan fingerprint density at radius 2 is 2.24 bits per heavy atom. The van der Waals surface area contributed by atoms with Crippen LogP contribution in [-0.4, -0.2) is 18.1 Å². The van der Waals surface area contributed by atoms with Gasteiger partial charge >= 0.3 is 0 Å². The first-order valence-corrected chi connectivity index (χ1v) is 7.27. The molecular weight excluding hydrogens is 284 g/mol. The molecular formula is C16H15ClN4. The Balaban J connectivity index is 1.76. The van der Waals surface area contributed by atoms with Crippen LogP contribution in [0.25, 0.3) is 0 Å². The largest absolute Gasteiger partial charge is 0.367 e. The predicted molar refractivity (Wildman–Crippen MR) is 83.3 cm³/mol. The van der Waals surface area contributed by atoms with E-state index in [2.05, 4.69) is 46.0 Å². The number of nitriles is 1. The van der Waals surface area contributed by atoms with Crippen molar-refractivity contribution in [2.45, 2.75) is 12.5 Å². The topological polar surface area (TPSA) is 60.7 Å². The lowest BCUT2D eigenvalue weighted by Crippen LogP contribution is -2.34. The highest BCUT2D eigenvalue weighted by Gasteiger charge is 2.19. The van der Waals surface area contributed by atoms with Gasteiger partial charge in [-0.25, -0.2) is 4.98 Å². The number of nitrogens with one attached hydrogen (secondary N) is 2. The molecule has 5 heteroatoms. The molecule has 2 aromatic rings. The molecule has 1 aliphatic heterocycles. The summed E-state index contributed by atoms with van der Waals surface area (Å²) in [6.45, 7) is 1.64. The van der Waals surface area contributed by atoms with Crippen molar-refractivity contribution in [3.8, 4) is 6.07 Å². The van der Waals surface area contributed by atoms with Crippen molar-refractivity contribution in [3.63, 3.8) is 0 Å². The van der Waals surface area contributed by atoms with Crippen LogP contribution in [0.3, 0.4) is 0 Å². The minimum absolute atomic E-state index is 0.221. The number of aromatic nitrogens is 1. The number of pyridine rings is 1. The number of rotatable bonds is 3. The number of fused-ring (bicyclic) bond motifs is 1. The second-order valence-corrected chi connectivity index (χ2v) is 5.35. The molecule has 0 fully saturated rings. The number of benzene rings is 1. The summed E-state index contributed by atoms with van der Waals surface area (Å²) >= 11 is 6.16. The second-order valence-electron chi connectivity index (χ2n) is 4.97. The Kier molecular flexibility index (Phi) is 4.05. The smallest absolute Gasteiger partial charge is 0.146 e. The van der Waals surface area contributed by atoms with Crippen LogP contribution in [-0.2, 0) is 6.42 Å². The molecule has 0 saturated heterocycles. The molecule has 0 radical (unpaired) electrons. The highest BCUT2D eigenvalue weighted by molar-refractivity contribution is 6.34. The zero-order valence-electron chi connectivity index (χ0n) is 11.4. The molecule has 4 nitrogen and oxygen atoms in total. The maximum Gasteiger partial charge on any atom is 0.146 e. The number of halogens is 1. The molecule has 1 unspecified atom stereocenters. The maximum atomic E-state index is 8.99. The highest BCUT2D eigenvalue weighted by atomic mass is 35.5. The van der Waals surface area contributed by atoms with Crippen LogP contribution in [0.5, 0.6) is 0 Å². The summed E-state index contributed by atoms with van der Waals surface area (Å²) in [5.41, 5.74) is 3.13. The third kappa shape index (κ3) is 2.85. The van der Waals surface area contributed by atoms with Crippen molar-refractivity contribution in [3.05, 3.63) is 58.2 Å². The quantitative estimate of drug-likeness (QED) is 0.915. The van der Waals surface area contributed by atoms with Crippen molar-refractivity contribution in [2.24, 2.45) is 0 Å². The lowest BCUT2D eigenvalue weighted by Gasteiger charge is -2.27. The minimum atomic E-state index is 0.221. The van der Waals surface area contributed by atoms with Crippen LogP contribution >= 0.6 is 11.6 Å². The number of nitrogens with zero attached hydrogens (tertiary/aromatic N) is 2. The summed E-state index contributed by atoms with van der Waals surface area (Å²) in [6.07, 6.45) is 2.64. The van der Waals surface area contributed by atoms with Gasteiger partial charge in [0.1, 0.15) is 16.9 Å². The average Bonchev–Trinajstić information content (AvgIpc) is 2.54. The maximum absolute atomic E-state index is 8.99. The van der Waals surface area contributed by atoms with Gasteiger partial charge in [0.25, 0.3) is 0 Å². The molecule has 1 atom stereocenters. The van der Waals surface area contributed by atoms with Crippen molar-refractivity contribution < 1.29 is 0 Å². The van der Waals surface area contributed by atoms with Crippen molar-refractivity contribution in [1.29, 1.82) is 5.26 Å². The monoisotopic (exact) mass is 298 g/mol. The van der Waals surface area contributed by atoms with E-state index in [0.717, 1.165) is 13.0 Å². The van der Waals surface area contributed by atoms with E-state index in [0.29, 0.717) is 22.9 Å². The summed E-state index contributed by atoms with van der Waals surface area (Å²) in [5, 5.41) is 16.1. The van der Waals surface area contributed by atoms with Gasteiger partial charge in [-0.1, -0.05) is 35.9 Å². The van der Waals surface area contributed by atoms with E-state index < -0.39 is 0 Å². The Bertz CT molecular complexity index is 693. The lowest BCUT2D eigenvalue weighted by atomic mass is 9.94. The minimum Gasteiger partial charge on any atom is -0.367 e. The van der Waals surface area contributed by atoms with E-state index in [1.165, 1.54) is 11.1 Å². The van der Waals surface area contributed by atoms with Crippen LogP contribution in [0.15, 0.2) is 36.5 Å². The normalized spacial score (nSPS) is 16.9. The molecule has 1 aliphatic rings. The molecule has 2 heterocycles. The Hall–Kier alpha value is -2.09. The van der Waals surface area contributed by atoms with Gasteiger partial charge in [-0.15, -0.1) is 0 Å². The highest BCUT2D eigenvalue weighted by Crippen LogP contribution is 2.26. The Morgan fingerprint density at radius 3 is 3.10 bits per heavy atom. The van der Waals surface area contributed by atoms with Crippen LogP contribution in [0, 0.1) is 11.3 Å². The molecule has 0 amide bonds. The summed E-state index contributed by atoms with van der Waals surface area (Å²) in [6, 6.07) is 12.3. The third-order valence-corrected chi connectivity index (χ3v) is 4.08. The Morgan fingerprint density at radius 1 is 1.38 bits per heavy atom. The second kappa shape index (κ2) is 6.13.